The van der Waals surface area contributed by atoms with Crippen LogP contribution in [0, 0.1) is 0 Å². The Morgan fingerprint density at radius 3 is 2.35 bits per heavy atom. The number of carbonyl (C=O) groups excluding carboxylic acids is 1. The molecule has 1 aromatic heterocycles. The largest absolute Gasteiger partial charge is 0.487 e. The van der Waals surface area contributed by atoms with E-state index in [1.807, 2.05) is 30.3 Å². The molecule has 0 saturated heterocycles. The number of halogens is 6. The third kappa shape index (κ3) is 6.67. The Kier molecular flexibility index (Phi) is 9.31. The molecule has 0 unspecified atom stereocenters. The first-order chi connectivity index (χ1) is 20.5. The molecule has 0 N–H and O–H groups in total. The zero-order chi connectivity index (χ0) is 30.9. The second-order valence-corrected chi connectivity index (χ2v) is 12.4. The number of hydrogen-bond donors (Lipinski definition) is 0. The summed E-state index contributed by atoms with van der Waals surface area (Å²) in [7, 11) is 0. The molecular formula is C30H20Br2ClF3N2O4S. The fraction of sp³-hybridized carbons (Fsp3) is 0.167. The average Bonchev–Trinajstić information content (AvgIpc) is 3.26. The van der Waals surface area contributed by atoms with Gasteiger partial charge in [-0.25, -0.2) is 9.79 Å². The topological polar surface area (TPSA) is 69.9 Å². The predicted molar refractivity (Wildman–Crippen MR) is 165 cm³/mol. The molecule has 0 fully saturated rings. The maximum Gasteiger partial charge on any atom is 0.434 e. The Hall–Kier alpha value is -3.19. The molecule has 6 nitrogen and oxygen atoms in total. The molecule has 0 bridgehead atoms. The van der Waals surface area contributed by atoms with Gasteiger partial charge in [-0.2, -0.15) is 13.2 Å². The number of fused-ring (bicyclic) bond motifs is 1. The highest BCUT2D eigenvalue weighted by Gasteiger charge is 2.45. The van der Waals surface area contributed by atoms with Gasteiger partial charge in [0.1, 0.15) is 12.4 Å². The number of carbonyl (C=O) groups is 1. The van der Waals surface area contributed by atoms with Crippen molar-refractivity contribution in [3.63, 3.8) is 0 Å². The summed E-state index contributed by atoms with van der Waals surface area (Å²) in [5, 5.41) is 0.334. The lowest BCUT2D eigenvalue weighted by Gasteiger charge is -2.26. The van der Waals surface area contributed by atoms with Crippen LogP contribution >= 0.6 is 54.8 Å². The van der Waals surface area contributed by atoms with E-state index >= 15 is 0 Å². The molecule has 1 aliphatic rings. The van der Waals surface area contributed by atoms with Crippen molar-refractivity contribution in [2.75, 3.05) is 6.61 Å². The molecule has 4 aromatic rings. The van der Waals surface area contributed by atoms with Crippen LogP contribution in [-0.2, 0) is 16.1 Å². The molecule has 3 aromatic carbocycles. The van der Waals surface area contributed by atoms with E-state index in [0.29, 0.717) is 31.9 Å². The number of hydrogen-bond acceptors (Lipinski definition) is 6. The SMILES string of the molecule is CCOC(=O)C1=C(C(F)(F)F)N=c2s/c(=C\c3cc(Br)c(OCc4ccccc4)c(Br)c3)c(=O)n2[C@@H]1c1ccc(Cl)cc1. The van der Waals surface area contributed by atoms with Gasteiger partial charge in [0.15, 0.2) is 10.5 Å². The number of alkyl halides is 3. The maximum absolute atomic E-state index is 14.3. The molecule has 222 valence electrons. The summed E-state index contributed by atoms with van der Waals surface area (Å²) in [5.74, 6) is -0.675. The van der Waals surface area contributed by atoms with Gasteiger partial charge in [-0.3, -0.25) is 9.36 Å². The minimum Gasteiger partial charge on any atom is -0.487 e. The lowest BCUT2D eigenvalue weighted by Crippen LogP contribution is -2.41. The molecule has 13 heteroatoms. The second-order valence-electron chi connectivity index (χ2n) is 9.20. The summed E-state index contributed by atoms with van der Waals surface area (Å²) in [6.45, 7) is 1.64. The number of allylic oxidation sites excluding steroid dienone is 1. The average molecular weight is 757 g/mol. The van der Waals surface area contributed by atoms with E-state index in [2.05, 4.69) is 36.9 Å². The molecule has 0 amide bonds. The van der Waals surface area contributed by atoms with Gasteiger partial charge in [-0.1, -0.05) is 65.4 Å². The van der Waals surface area contributed by atoms with E-state index in [-0.39, 0.29) is 21.5 Å². The molecule has 43 heavy (non-hydrogen) atoms. The minimum absolute atomic E-state index is 0.112. The van der Waals surface area contributed by atoms with Gasteiger partial charge in [0.05, 0.1) is 31.7 Å². The van der Waals surface area contributed by atoms with Crippen LogP contribution in [0.15, 0.2) is 96.7 Å². The van der Waals surface area contributed by atoms with Crippen LogP contribution in [-0.4, -0.2) is 23.3 Å². The number of thiazole rings is 1. The fourth-order valence-corrected chi connectivity index (χ4v) is 7.06. The highest BCUT2D eigenvalue weighted by molar-refractivity contribution is 9.11. The molecule has 2 heterocycles. The van der Waals surface area contributed by atoms with E-state index in [4.69, 9.17) is 21.1 Å². The molecule has 0 saturated carbocycles. The summed E-state index contributed by atoms with van der Waals surface area (Å²) in [6, 6.07) is 17.5. The smallest absolute Gasteiger partial charge is 0.434 e. The zero-order valence-electron chi connectivity index (χ0n) is 22.1. The lowest BCUT2D eigenvalue weighted by molar-refractivity contribution is -0.140. The van der Waals surface area contributed by atoms with E-state index in [1.165, 1.54) is 31.2 Å². The van der Waals surface area contributed by atoms with Crippen LogP contribution in [0.4, 0.5) is 13.2 Å². The minimum atomic E-state index is -4.99. The third-order valence-electron chi connectivity index (χ3n) is 6.33. The molecular weight excluding hydrogens is 737 g/mol. The number of rotatable bonds is 7. The van der Waals surface area contributed by atoms with Crippen LogP contribution in [0.1, 0.15) is 29.7 Å². The van der Waals surface area contributed by atoms with Gasteiger partial charge < -0.3 is 9.47 Å². The number of esters is 1. The van der Waals surface area contributed by atoms with Crippen LogP contribution in [0.5, 0.6) is 5.75 Å². The van der Waals surface area contributed by atoms with Crippen LogP contribution in [0.25, 0.3) is 6.08 Å². The van der Waals surface area contributed by atoms with Crippen molar-refractivity contribution in [1.82, 2.24) is 4.57 Å². The van der Waals surface area contributed by atoms with Crippen LogP contribution < -0.4 is 19.6 Å². The summed E-state index contributed by atoms with van der Waals surface area (Å²) in [6.07, 6.45) is -3.45. The van der Waals surface area contributed by atoms with Crippen molar-refractivity contribution in [3.05, 3.63) is 128 Å². The molecule has 0 spiro atoms. The van der Waals surface area contributed by atoms with Gasteiger partial charge in [0.25, 0.3) is 5.56 Å². The Morgan fingerprint density at radius 1 is 1.09 bits per heavy atom. The zero-order valence-corrected chi connectivity index (χ0v) is 26.9. The standard InChI is InChI=1S/C30H20Br2ClF3N2O4S/c1-2-41-28(40)23-24(18-8-10-19(33)11-9-18)38-27(39)22(43-29(38)37-26(23)30(34,35)36)14-17-12-20(31)25(21(32)13-17)42-15-16-6-4-3-5-7-16/h3-14,24H,2,15H2,1H3/b22-14-/t24-/m1/s1. The van der Waals surface area contributed by atoms with Crippen LogP contribution in [0.3, 0.4) is 0 Å². The highest BCUT2D eigenvalue weighted by Crippen LogP contribution is 2.39. The van der Waals surface area contributed by atoms with Gasteiger partial charge in [-0.05, 0) is 85.8 Å². The molecule has 1 atom stereocenters. The number of aromatic nitrogens is 1. The Bertz CT molecular complexity index is 1880. The van der Waals surface area contributed by atoms with Crippen molar-refractivity contribution in [2.24, 2.45) is 4.99 Å². The first-order valence-corrected chi connectivity index (χ1v) is 15.5. The van der Waals surface area contributed by atoms with Gasteiger partial charge >= 0.3 is 12.1 Å². The highest BCUT2D eigenvalue weighted by atomic mass is 79.9. The Morgan fingerprint density at radius 2 is 1.74 bits per heavy atom. The Labute approximate surface area is 269 Å². The Balaban J connectivity index is 1.63. The monoisotopic (exact) mass is 754 g/mol. The van der Waals surface area contributed by atoms with E-state index in [9.17, 15) is 22.8 Å². The maximum atomic E-state index is 14.3. The van der Waals surface area contributed by atoms with Gasteiger partial charge in [0.2, 0.25) is 0 Å². The van der Waals surface area contributed by atoms with Gasteiger partial charge in [0, 0.05) is 5.02 Å². The van der Waals surface area contributed by atoms with Gasteiger partial charge in [-0.15, -0.1) is 0 Å². The van der Waals surface area contributed by atoms with Crippen molar-refractivity contribution >= 4 is 66.8 Å². The van der Waals surface area contributed by atoms with Crippen LogP contribution in [0.2, 0.25) is 5.02 Å². The number of ether oxygens (including phenoxy) is 2. The lowest BCUT2D eigenvalue weighted by atomic mass is 9.95. The first-order valence-electron chi connectivity index (χ1n) is 12.7. The van der Waals surface area contributed by atoms with Crippen molar-refractivity contribution in [1.29, 1.82) is 0 Å². The van der Waals surface area contributed by atoms with E-state index in [1.54, 1.807) is 18.2 Å². The number of nitrogens with zero attached hydrogens (tertiary/aromatic N) is 2. The predicted octanol–water partition coefficient (Wildman–Crippen LogP) is 7.10. The first kappa shape index (κ1) is 31.2. The molecule has 0 radical (unpaired) electrons. The number of benzene rings is 3. The molecule has 5 rings (SSSR count). The van der Waals surface area contributed by atoms with Crippen molar-refractivity contribution in [3.8, 4) is 5.75 Å². The summed E-state index contributed by atoms with van der Waals surface area (Å²) in [4.78, 5) is 30.3. The second kappa shape index (κ2) is 12.8. The van der Waals surface area contributed by atoms with E-state index < -0.39 is 35.0 Å². The van der Waals surface area contributed by atoms with E-state index in [0.717, 1.165) is 21.5 Å². The quantitative estimate of drug-likeness (QED) is 0.189. The van der Waals surface area contributed by atoms with Crippen molar-refractivity contribution in [2.45, 2.75) is 25.7 Å². The summed E-state index contributed by atoms with van der Waals surface area (Å²) < 4.78 is 56.3. The third-order valence-corrected chi connectivity index (χ3v) is 8.74. The fourth-order valence-electron chi connectivity index (χ4n) is 4.48. The summed E-state index contributed by atoms with van der Waals surface area (Å²) >= 11 is 13.8. The molecule has 0 aliphatic carbocycles. The normalized spacial score (nSPS) is 15.2. The molecule has 1 aliphatic heterocycles. The summed E-state index contributed by atoms with van der Waals surface area (Å²) in [5.41, 5.74) is -1.03. The van der Waals surface area contributed by atoms with Crippen molar-refractivity contribution < 1.29 is 27.4 Å².